The fraction of sp³-hybridized carbons (Fsp3) is 0.100. The average Bonchev–Trinajstić information content (AvgIpc) is 2.73. The molecular weight excluding hydrogens is 235 g/mol. The second-order valence-electron chi connectivity index (χ2n) is 2.88. The molecule has 0 saturated carbocycles. The highest BCUT2D eigenvalue weighted by Gasteiger charge is 2.05. The summed E-state index contributed by atoms with van der Waals surface area (Å²) in [5, 5.41) is 0.902. The number of rotatable bonds is 3. The summed E-state index contributed by atoms with van der Waals surface area (Å²) in [6, 6.07) is 5.26. The van der Waals surface area contributed by atoms with Gasteiger partial charge in [0.2, 0.25) is 0 Å². The molecule has 0 spiro atoms. The molecule has 2 rings (SSSR count). The molecule has 0 aliphatic rings. The first-order valence-electron chi connectivity index (χ1n) is 4.32. The fourth-order valence-corrected chi connectivity index (χ4v) is 1.46. The summed E-state index contributed by atoms with van der Waals surface area (Å²) in [7, 11) is 0. The van der Waals surface area contributed by atoms with Crippen LogP contribution in [0.4, 0.5) is 0 Å². The Morgan fingerprint density at radius 2 is 2.20 bits per heavy atom. The van der Waals surface area contributed by atoms with Gasteiger partial charge in [0.25, 0.3) is 0 Å². The number of H-pyrrole nitrogens is 1. The normalized spacial score (nSPS) is 10.3. The summed E-state index contributed by atoms with van der Waals surface area (Å²) in [6.45, 7) is 0.340. The predicted molar refractivity (Wildman–Crippen MR) is 59.4 cm³/mol. The number of benzene rings is 1. The summed E-state index contributed by atoms with van der Waals surface area (Å²) >= 11 is 11.8. The van der Waals surface area contributed by atoms with E-state index in [2.05, 4.69) is 9.97 Å². The van der Waals surface area contributed by atoms with Crippen molar-refractivity contribution in [3.63, 3.8) is 0 Å². The number of nitrogens with zero attached hydrogens (tertiary/aromatic N) is 1. The number of nitrogens with one attached hydrogen (secondary N) is 1. The Kier molecular flexibility index (Phi) is 3.14. The first-order valence-corrected chi connectivity index (χ1v) is 5.08. The Morgan fingerprint density at radius 3 is 2.93 bits per heavy atom. The molecule has 0 fully saturated rings. The third-order valence-electron chi connectivity index (χ3n) is 1.84. The molecule has 0 unspecified atom stereocenters. The van der Waals surface area contributed by atoms with E-state index in [0.717, 1.165) is 5.82 Å². The van der Waals surface area contributed by atoms with Crippen LogP contribution in [0.15, 0.2) is 30.6 Å². The Labute approximate surface area is 97.0 Å². The summed E-state index contributed by atoms with van der Waals surface area (Å²) in [4.78, 5) is 6.96. The number of ether oxygens (including phenoxy) is 1. The van der Waals surface area contributed by atoms with Gasteiger partial charge in [0.1, 0.15) is 23.2 Å². The number of aromatic nitrogens is 2. The Balaban J connectivity index is 2.08. The van der Waals surface area contributed by atoms with Crippen LogP contribution in [-0.4, -0.2) is 9.97 Å². The molecule has 0 radical (unpaired) electrons. The smallest absolute Gasteiger partial charge is 0.146 e. The summed E-state index contributed by atoms with van der Waals surface area (Å²) in [5.41, 5.74) is 0. The first-order chi connectivity index (χ1) is 7.27. The van der Waals surface area contributed by atoms with Crippen molar-refractivity contribution >= 4 is 23.2 Å². The molecule has 0 bridgehead atoms. The number of hydrogen-bond donors (Lipinski definition) is 1. The van der Waals surface area contributed by atoms with Crippen molar-refractivity contribution in [1.29, 1.82) is 0 Å². The Bertz CT molecular complexity index is 443. The largest absolute Gasteiger partial charge is 0.484 e. The van der Waals surface area contributed by atoms with Crippen molar-refractivity contribution in [2.45, 2.75) is 6.61 Å². The van der Waals surface area contributed by atoms with E-state index in [0.29, 0.717) is 22.4 Å². The standard InChI is InChI=1S/C10H8Cl2N2O/c11-7-2-1-3-8(10(7)12)15-6-9-13-4-5-14-9/h1-5H,6H2,(H,13,14). The molecule has 5 heteroatoms. The number of halogens is 2. The molecule has 0 aliphatic heterocycles. The summed E-state index contributed by atoms with van der Waals surface area (Å²) < 4.78 is 5.45. The Morgan fingerprint density at radius 1 is 1.33 bits per heavy atom. The lowest BCUT2D eigenvalue weighted by molar-refractivity contribution is 0.297. The molecule has 78 valence electrons. The van der Waals surface area contributed by atoms with Gasteiger partial charge in [-0.2, -0.15) is 0 Å². The van der Waals surface area contributed by atoms with Crippen LogP contribution in [0.2, 0.25) is 10.0 Å². The molecule has 0 atom stereocenters. The highest BCUT2D eigenvalue weighted by molar-refractivity contribution is 6.42. The maximum atomic E-state index is 5.95. The molecule has 1 aromatic heterocycles. The molecule has 1 heterocycles. The summed E-state index contributed by atoms with van der Waals surface area (Å²) in [6.07, 6.45) is 3.40. The lowest BCUT2D eigenvalue weighted by Crippen LogP contribution is -1.97. The molecule has 0 amide bonds. The maximum absolute atomic E-state index is 5.95. The zero-order valence-corrected chi connectivity index (χ0v) is 9.22. The van der Waals surface area contributed by atoms with Crippen molar-refractivity contribution in [3.8, 4) is 5.75 Å². The maximum Gasteiger partial charge on any atom is 0.146 e. The van der Waals surface area contributed by atoms with E-state index in [1.165, 1.54) is 0 Å². The van der Waals surface area contributed by atoms with Gasteiger partial charge in [-0.25, -0.2) is 4.98 Å². The Hall–Kier alpha value is -1.19. The van der Waals surface area contributed by atoms with Crippen LogP contribution >= 0.6 is 23.2 Å². The minimum absolute atomic E-state index is 0.340. The van der Waals surface area contributed by atoms with Crippen molar-refractivity contribution in [2.24, 2.45) is 0 Å². The van der Waals surface area contributed by atoms with Crippen LogP contribution in [0, 0.1) is 0 Å². The van der Waals surface area contributed by atoms with Gasteiger partial charge < -0.3 is 9.72 Å². The molecule has 2 aromatic rings. The number of hydrogen-bond acceptors (Lipinski definition) is 2. The second-order valence-corrected chi connectivity index (χ2v) is 3.66. The van der Waals surface area contributed by atoms with Crippen LogP contribution in [0.5, 0.6) is 5.75 Å². The van der Waals surface area contributed by atoms with Crippen molar-refractivity contribution in [2.75, 3.05) is 0 Å². The van der Waals surface area contributed by atoms with E-state index in [9.17, 15) is 0 Å². The van der Waals surface area contributed by atoms with Crippen molar-refractivity contribution < 1.29 is 4.74 Å². The van der Waals surface area contributed by atoms with Gasteiger partial charge in [0.15, 0.2) is 0 Å². The van der Waals surface area contributed by atoms with E-state index in [-0.39, 0.29) is 0 Å². The number of imidazole rings is 1. The molecule has 0 aliphatic carbocycles. The quantitative estimate of drug-likeness (QED) is 0.897. The van der Waals surface area contributed by atoms with Crippen LogP contribution in [0.25, 0.3) is 0 Å². The highest BCUT2D eigenvalue weighted by Crippen LogP contribution is 2.31. The van der Waals surface area contributed by atoms with Gasteiger partial charge in [0, 0.05) is 12.4 Å². The molecule has 15 heavy (non-hydrogen) atoms. The average molecular weight is 243 g/mol. The number of aromatic amines is 1. The lowest BCUT2D eigenvalue weighted by Gasteiger charge is -2.06. The summed E-state index contributed by atoms with van der Waals surface area (Å²) in [5.74, 6) is 1.30. The molecule has 1 aromatic carbocycles. The van der Waals surface area contributed by atoms with Crippen molar-refractivity contribution in [1.82, 2.24) is 9.97 Å². The first kappa shape index (κ1) is 10.3. The van der Waals surface area contributed by atoms with Crippen molar-refractivity contribution in [3.05, 3.63) is 46.5 Å². The zero-order valence-electron chi connectivity index (χ0n) is 7.71. The van der Waals surface area contributed by atoms with Crippen LogP contribution in [-0.2, 0) is 6.61 Å². The van der Waals surface area contributed by atoms with Gasteiger partial charge in [-0.1, -0.05) is 29.3 Å². The molecule has 0 saturated heterocycles. The SMILES string of the molecule is Clc1cccc(OCc2ncc[nH]2)c1Cl. The van der Waals surface area contributed by atoms with Gasteiger partial charge in [-0.05, 0) is 12.1 Å². The molecule has 1 N–H and O–H groups in total. The third kappa shape index (κ3) is 2.43. The van der Waals surface area contributed by atoms with Crippen LogP contribution < -0.4 is 4.74 Å². The fourth-order valence-electron chi connectivity index (χ4n) is 1.12. The highest BCUT2D eigenvalue weighted by atomic mass is 35.5. The molecular formula is C10H8Cl2N2O. The van der Waals surface area contributed by atoms with E-state index in [1.54, 1.807) is 30.6 Å². The van der Waals surface area contributed by atoms with Gasteiger partial charge in [-0.15, -0.1) is 0 Å². The molecule has 3 nitrogen and oxygen atoms in total. The van der Waals surface area contributed by atoms with E-state index < -0.39 is 0 Å². The van der Waals surface area contributed by atoms with Gasteiger partial charge in [0.05, 0.1) is 5.02 Å². The van der Waals surface area contributed by atoms with E-state index in [4.69, 9.17) is 27.9 Å². The van der Waals surface area contributed by atoms with Crippen LogP contribution in [0.1, 0.15) is 5.82 Å². The second kappa shape index (κ2) is 4.55. The van der Waals surface area contributed by atoms with E-state index in [1.807, 2.05) is 0 Å². The zero-order chi connectivity index (χ0) is 10.7. The lowest BCUT2D eigenvalue weighted by atomic mass is 10.3. The minimum atomic E-state index is 0.340. The minimum Gasteiger partial charge on any atom is -0.484 e. The van der Waals surface area contributed by atoms with Gasteiger partial charge >= 0.3 is 0 Å². The van der Waals surface area contributed by atoms with E-state index >= 15 is 0 Å². The van der Waals surface area contributed by atoms with Crippen LogP contribution in [0.3, 0.4) is 0 Å². The van der Waals surface area contributed by atoms with Gasteiger partial charge in [-0.3, -0.25) is 0 Å². The monoisotopic (exact) mass is 242 g/mol. The predicted octanol–water partition coefficient (Wildman–Crippen LogP) is 3.30. The third-order valence-corrected chi connectivity index (χ3v) is 2.64. The topological polar surface area (TPSA) is 37.9 Å².